The average Bonchev–Trinajstić information content (AvgIpc) is 3.14. The molecule has 3 heterocycles. The van der Waals surface area contributed by atoms with Crippen LogP contribution in [0.1, 0.15) is 5.56 Å². The summed E-state index contributed by atoms with van der Waals surface area (Å²) in [6, 6.07) is 11.8. The van der Waals surface area contributed by atoms with Gasteiger partial charge in [0.25, 0.3) is 0 Å². The Morgan fingerprint density at radius 3 is 2.88 bits per heavy atom. The van der Waals surface area contributed by atoms with Gasteiger partial charge in [0.2, 0.25) is 0 Å². The molecule has 0 spiro atoms. The Morgan fingerprint density at radius 1 is 1.08 bits per heavy atom. The van der Waals surface area contributed by atoms with Crippen molar-refractivity contribution >= 4 is 22.7 Å². The number of rotatable bonds is 4. The van der Waals surface area contributed by atoms with Gasteiger partial charge in [0.1, 0.15) is 18.0 Å². The lowest BCUT2D eigenvalue weighted by Gasteiger charge is -2.12. The fourth-order valence-electron chi connectivity index (χ4n) is 2.59. The van der Waals surface area contributed by atoms with Crippen LogP contribution in [0, 0.1) is 0 Å². The number of aromatic nitrogens is 5. The van der Waals surface area contributed by atoms with E-state index in [0.717, 1.165) is 22.5 Å². The van der Waals surface area contributed by atoms with Gasteiger partial charge in [-0.25, -0.2) is 19.9 Å². The molecule has 0 saturated heterocycles. The van der Waals surface area contributed by atoms with Gasteiger partial charge in [-0.2, -0.15) is 0 Å². The molecule has 0 aliphatic heterocycles. The number of nitrogens with zero attached hydrogens (tertiary/aromatic N) is 5. The first-order valence-corrected chi connectivity index (χ1v) is 7.48. The first-order valence-electron chi connectivity index (χ1n) is 7.48. The Labute approximate surface area is 138 Å². The second-order valence-corrected chi connectivity index (χ2v) is 5.28. The van der Waals surface area contributed by atoms with Crippen molar-refractivity contribution in [1.82, 2.24) is 24.5 Å². The number of hydrogen-bond acceptors (Lipinski definition) is 6. The Morgan fingerprint density at radius 2 is 2.00 bits per heavy atom. The fourth-order valence-corrected chi connectivity index (χ4v) is 2.59. The molecule has 0 saturated carbocycles. The molecule has 118 valence electrons. The monoisotopic (exact) mass is 317 g/mol. The second-order valence-electron chi connectivity index (χ2n) is 5.28. The van der Waals surface area contributed by atoms with Gasteiger partial charge in [-0.15, -0.1) is 0 Å². The van der Waals surface area contributed by atoms with Crippen molar-refractivity contribution in [1.29, 1.82) is 0 Å². The highest BCUT2D eigenvalue weighted by Gasteiger charge is 2.07. The molecule has 0 aliphatic carbocycles. The molecular formula is C17H15N7. The molecule has 4 aromatic rings. The standard InChI is InChI=1S/C17H15N7/c18-15-6-5-13-16(21-10-22-17(13)23-15)20-9-12-3-1-2-4-14(12)24-8-7-19-11-24/h1-8,10-11H,9H2,(H3,18,20,21,22,23). The van der Waals surface area contributed by atoms with E-state index in [0.29, 0.717) is 18.0 Å². The maximum absolute atomic E-state index is 5.71. The van der Waals surface area contributed by atoms with Crippen LogP contribution in [0.4, 0.5) is 11.6 Å². The maximum atomic E-state index is 5.71. The molecule has 0 amide bonds. The number of benzene rings is 1. The first kappa shape index (κ1) is 14.1. The molecule has 0 fully saturated rings. The van der Waals surface area contributed by atoms with Gasteiger partial charge in [-0.3, -0.25) is 0 Å². The molecule has 7 heteroatoms. The van der Waals surface area contributed by atoms with Crippen LogP contribution in [-0.2, 0) is 6.54 Å². The van der Waals surface area contributed by atoms with Crippen LogP contribution in [0.3, 0.4) is 0 Å². The fraction of sp³-hybridized carbons (Fsp3) is 0.0588. The van der Waals surface area contributed by atoms with Gasteiger partial charge in [-0.05, 0) is 23.8 Å². The molecule has 24 heavy (non-hydrogen) atoms. The lowest BCUT2D eigenvalue weighted by molar-refractivity contribution is 1.00. The van der Waals surface area contributed by atoms with Crippen LogP contribution >= 0.6 is 0 Å². The summed E-state index contributed by atoms with van der Waals surface area (Å²) in [6.07, 6.45) is 6.95. The van der Waals surface area contributed by atoms with E-state index >= 15 is 0 Å². The summed E-state index contributed by atoms with van der Waals surface area (Å²) >= 11 is 0. The highest BCUT2D eigenvalue weighted by Crippen LogP contribution is 2.21. The second kappa shape index (κ2) is 5.96. The van der Waals surface area contributed by atoms with E-state index in [1.807, 2.05) is 29.0 Å². The SMILES string of the molecule is Nc1ccc2c(NCc3ccccc3-n3ccnc3)ncnc2n1. The summed E-state index contributed by atoms with van der Waals surface area (Å²) in [5.74, 6) is 1.17. The zero-order valence-electron chi connectivity index (χ0n) is 12.8. The third-order valence-corrected chi connectivity index (χ3v) is 3.74. The molecule has 0 unspecified atom stereocenters. The molecule has 0 bridgehead atoms. The molecule has 0 aliphatic rings. The van der Waals surface area contributed by atoms with E-state index in [9.17, 15) is 0 Å². The summed E-state index contributed by atoms with van der Waals surface area (Å²) in [6.45, 7) is 0.616. The van der Waals surface area contributed by atoms with Crippen molar-refractivity contribution in [3.8, 4) is 5.69 Å². The van der Waals surface area contributed by atoms with Gasteiger partial charge in [0, 0.05) is 18.9 Å². The minimum atomic E-state index is 0.442. The Hall–Kier alpha value is -3.48. The van der Waals surface area contributed by atoms with E-state index in [1.165, 1.54) is 6.33 Å². The zero-order chi connectivity index (χ0) is 16.4. The lowest BCUT2D eigenvalue weighted by atomic mass is 10.1. The Balaban J connectivity index is 1.65. The lowest BCUT2D eigenvalue weighted by Crippen LogP contribution is -2.06. The van der Waals surface area contributed by atoms with Crippen molar-refractivity contribution in [2.75, 3.05) is 11.1 Å². The quantitative estimate of drug-likeness (QED) is 0.600. The summed E-state index contributed by atoms with van der Waals surface area (Å²) in [4.78, 5) is 16.8. The third-order valence-electron chi connectivity index (χ3n) is 3.74. The minimum Gasteiger partial charge on any atom is -0.384 e. The highest BCUT2D eigenvalue weighted by atomic mass is 15.1. The predicted molar refractivity (Wildman–Crippen MR) is 92.6 cm³/mol. The summed E-state index contributed by atoms with van der Waals surface area (Å²) in [5, 5.41) is 4.20. The van der Waals surface area contributed by atoms with Gasteiger partial charge >= 0.3 is 0 Å². The number of nitrogens with one attached hydrogen (secondary N) is 1. The number of para-hydroxylation sites is 1. The van der Waals surface area contributed by atoms with Gasteiger partial charge in [0.05, 0.1) is 17.4 Å². The topological polar surface area (TPSA) is 94.5 Å². The van der Waals surface area contributed by atoms with Crippen LogP contribution in [-0.4, -0.2) is 24.5 Å². The van der Waals surface area contributed by atoms with E-state index in [-0.39, 0.29) is 0 Å². The molecule has 1 aromatic carbocycles. The van der Waals surface area contributed by atoms with Crippen LogP contribution in [0.25, 0.3) is 16.7 Å². The van der Waals surface area contributed by atoms with E-state index < -0.39 is 0 Å². The van der Waals surface area contributed by atoms with E-state index in [1.54, 1.807) is 18.6 Å². The van der Waals surface area contributed by atoms with Gasteiger partial charge < -0.3 is 15.6 Å². The third kappa shape index (κ3) is 2.63. The van der Waals surface area contributed by atoms with Crippen molar-refractivity contribution in [2.45, 2.75) is 6.54 Å². The first-order chi connectivity index (χ1) is 11.8. The van der Waals surface area contributed by atoms with Gasteiger partial charge in [-0.1, -0.05) is 18.2 Å². The maximum Gasteiger partial charge on any atom is 0.166 e. The average molecular weight is 317 g/mol. The van der Waals surface area contributed by atoms with Crippen LogP contribution in [0.2, 0.25) is 0 Å². The van der Waals surface area contributed by atoms with E-state index in [2.05, 4.69) is 37.4 Å². The van der Waals surface area contributed by atoms with Crippen LogP contribution < -0.4 is 11.1 Å². The molecule has 0 radical (unpaired) electrons. The van der Waals surface area contributed by atoms with E-state index in [4.69, 9.17) is 5.73 Å². The van der Waals surface area contributed by atoms with Crippen LogP contribution in [0.15, 0.2) is 61.4 Å². The summed E-state index contributed by atoms with van der Waals surface area (Å²) < 4.78 is 1.98. The molecule has 0 atom stereocenters. The number of pyridine rings is 1. The number of imidazole rings is 1. The van der Waals surface area contributed by atoms with Crippen molar-refractivity contribution in [2.24, 2.45) is 0 Å². The zero-order valence-corrected chi connectivity index (χ0v) is 12.8. The number of anilines is 2. The number of nitrogens with two attached hydrogens (primary N) is 1. The highest BCUT2D eigenvalue weighted by molar-refractivity contribution is 5.87. The van der Waals surface area contributed by atoms with Gasteiger partial charge in [0.15, 0.2) is 5.65 Å². The summed E-state index contributed by atoms with van der Waals surface area (Å²) in [7, 11) is 0. The van der Waals surface area contributed by atoms with Crippen LogP contribution in [0.5, 0.6) is 0 Å². The minimum absolute atomic E-state index is 0.442. The Kier molecular flexibility index (Phi) is 3.51. The summed E-state index contributed by atoms with van der Waals surface area (Å²) in [5.41, 5.74) is 8.49. The number of fused-ring (bicyclic) bond motifs is 1. The Bertz CT molecular complexity index is 979. The predicted octanol–water partition coefficient (Wildman–Crippen LogP) is 2.40. The van der Waals surface area contributed by atoms with Crippen molar-refractivity contribution in [3.05, 3.63) is 67.0 Å². The molecule has 3 aromatic heterocycles. The smallest absolute Gasteiger partial charge is 0.166 e. The molecule has 3 N–H and O–H groups in total. The molecular weight excluding hydrogens is 302 g/mol. The van der Waals surface area contributed by atoms with Crippen molar-refractivity contribution in [3.63, 3.8) is 0 Å². The van der Waals surface area contributed by atoms with Crippen molar-refractivity contribution < 1.29 is 0 Å². The number of nitrogen functional groups attached to an aromatic ring is 1. The number of hydrogen-bond donors (Lipinski definition) is 2. The largest absolute Gasteiger partial charge is 0.384 e. The normalized spacial score (nSPS) is 10.8. The molecule has 7 nitrogen and oxygen atoms in total. The molecule has 4 rings (SSSR count).